The summed E-state index contributed by atoms with van der Waals surface area (Å²) in [5.41, 5.74) is 2.81. The third-order valence-corrected chi connectivity index (χ3v) is 4.71. The van der Waals surface area contributed by atoms with Gasteiger partial charge in [-0.05, 0) is 41.0 Å². The highest BCUT2D eigenvalue weighted by molar-refractivity contribution is 5.74. The standard InChI is InChI=1S/C22H27N3O3/c1-21(2,3)13-22(4,5)15-10-14(12-19(26)27)11-18(20(15)28)25-23-16-8-6-7-9-17(16)24-25/h6-11,28H,12-13H2,1-5H3,(H,26,27). The number of carbonyl (C=O) groups is 1. The van der Waals surface area contributed by atoms with Crippen LogP contribution in [0.3, 0.4) is 0 Å². The molecule has 28 heavy (non-hydrogen) atoms. The first-order chi connectivity index (χ1) is 13.0. The van der Waals surface area contributed by atoms with Gasteiger partial charge in [0.2, 0.25) is 0 Å². The number of phenols is 1. The van der Waals surface area contributed by atoms with E-state index >= 15 is 0 Å². The van der Waals surface area contributed by atoms with Crippen molar-refractivity contribution in [2.75, 3.05) is 0 Å². The second-order valence-electron chi connectivity index (χ2n) is 9.18. The van der Waals surface area contributed by atoms with Crippen LogP contribution in [0, 0.1) is 5.41 Å². The van der Waals surface area contributed by atoms with Crippen LogP contribution in [0.4, 0.5) is 0 Å². The zero-order valence-corrected chi connectivity index (χ0v) is 17.0. The van der Waals surface area contributed by atoms with Gasteiger partial charge < -0.3 is 10.2 Å². The van der Waals surface area contributed by atoms with Gasteiger partial charge in [0.05, 0.1) is 6.42 Å². The maximum absolute atomic E-state index is 11.3. The van der Waals surface area contributed by atoms with Crippen LogP contribution in [-0.2, 0) is 16.6 Å². The maximum Gasteiger partial charge on any atom is 0.307 e. The summed E-state index contributed by atoms with van der Waals surface area (Å²) in [6.45, 7) is 10.6. The summed E-state index contributed by atoms with van der Waals surface area (Å²) >= 11 is 0. The summed E-state index contributed by atoms with van der Waals surface area (Å²) < 4.78 is 0. The summed E-state index contributed by atoms with van der Waals surface area (Å²) in [7, 11) is 0. The number of fused-ring (bicyclic) bond motifs is 1. The van der Waals surface area contributed by atoms with Gasteiger partial charge in [0.1, 0.15) is 22.5 Å². The van der Waals surface area contributed by atoms with E-state index in [2.05, 4.69) is 44.8 Å². The highest BCUT2D eigenvalue weighted by atomic mass is 16.4. The van der Waals surface area contributed by atoms with E-state index in [-0.39, 0.29) is 23.0 Å². The molecule has 0 aliphatic rings. The Hall–Kier alpha value is -2.89. The largest absolute Gasteiger partial charge is 0.505 e. The molecule has 6 heteroatoms. The van der Waals surface area contributed by atoms with Gasteiger partial charge in [-0.1, -0.05) is 52.8 Å². The molecule has 6 nitrogen and oxygen atoms in total. The summed E-state index contributed by atoms with van der Waals surface area (Å²) in [6.07, 6.45) is 0.685. The molecule has 0 saturated carbocycles. The lowest BCUT2D eigenvalue weighted by atomic mass is 9.71. The van der Waals surface area contributed by atoms with Crippen LogP contribution in [0.15, 0.2) is 36.4 Å². The molecule has 0 fully saturated rings. The molecular formula is C22H27N3O3. The van der Waals surface area contributed by atoms with Crippen LogP contribution in [0.2, 0.25) is 0 Å². The second-order valence-corrected chi connectivity index (χ2v) is 9.18. The zero-order valence-electron chi connectivity index (χ0n) is 17.0. The normalized spacial score (nSPS) is 12.5. The minimum absolute atomic E-state index is 0.0392. The van der Waals surface area contributed by atoms with Crippen LogP contribution >= 0.6 is 0 Å². The van der Waals surface area contributed by atoms with Gasteiger partial charge in [-0.3, -0.25) is 4.79 Å². The summed E-state index contributed by atoms with van der Waals surface area (Å²) in [5, 5.41) is 29.3. The number of rotatable bonds is 5. The Balaban J connectivity index is 2.20. The lowest BCUT2D eigenvalue weighted by molar-refractivity contribution is -0.136. The molecule has 0 bridgehead atoms. The highest BCUT2D eigenvalue weighted by Crippen LogP contribution is 2.42. The molecule has 0 spiro atoms. The molecule has 2 aromatic carbocycles. The fourth-order valence-electron chi connectivity index (χ4n) is 4.01. The predicted octanol–water partition coefficient (Wildman–Crippen LogP) is 4.47. The molecular weight excluding hydrogens is 354 g/mol. The summed E-state index contributed by atoms with van der Waals surface area (Å²) in [4.78, 5) is 12.7. The van der Waals surface area contributed by atoms with E-state index in [0.29, 0.717) is 27.8 Å². The fraction of sp³-hybridized carbons (Fsp3) is 0.409. The number of nitrogens with zero attached hydrogens (tertiary/aromatic N) is 3. The molecule has 0 radical (unpaired) electrons. The van der Waals surface area contributed by atoms with Crippen molar-refractivity contribution in [2.24, 2.45) is 5.41 Å². The van der Waals surface area contributed by atoms with Crippen molar-refractivity contribution < 1.29 is 15.0 Å². The quantitative estimate of drug-likeness (QED) is 0.681. The van der Waals surface area contributed by atoms with Gasteiger partial charge in [-0.15, -0.1) is 15.0 Å². The molecule has 3 aromatic rings. The SMILES string of the molecule is CC(C)(C)CC(C)(C)c1cc(CC(=O)O)cc(-n2nc3ccccc3n2)c1O. The molecule has 0 aliphatic heterocycles. The molecule has 148 valence electrons. The number of aromatic hydroxyl groups is 1. The molecule has 2 N–H and O–H groups in total. The molecule has 0 aliphatic carbocycles. The van der Waals surface area contributed by atoms with Gasteiger partial charge in [-0.25, -0.2) is 0 Å². The number of benzene rings is 2. The molecule has 0 atom stereocenters. The van der Waals surface area contributed by atoms with Crippen molar-refractivity contribution in [1.82, 2.24) is 15.0 Å². The third kappa shape index (κ3) is 4.16. The Morgan fingerprint density at radius 3 is 2.11 bits per heavy atom. The summed E-state index contributed by atoms with van der Waals surface area (Å²) in [5.74, 6) is -0.835. The van der Waals surface area contributed by atoms with E-state index in [1.165, 1.54) is 4.80 Å². The topological polar surface area (TPSA) is 88.2 Å². The van der Waals surface area contributed by atoms with Crippen molar-refractivity contribution in [3.05, 3.63) is 47.5 Å². The van der Waals surface area contributed by atoms with Crippen LogP contribution in [0.1, 0.15) is 52.2 Å². The molecule has 0 amide bonds. The molecule has 0 unspecified atom stereocenters. The number of hydrogen-bond acceptors (Lipinski definition) is 4. The van der Waals surface area contributed by atoms with Crippen LogP contribution in [0.5, 0.6) is 5.75 Å². The minimum Gasteiger partial charge on any atom is -0.505 e. The van der Waals surface area contributed by atoms with Gasteiger partial charge >= 0.3 is 5.97 Å². The number of aromatic nitrogens is 3. The lowest BCUT2D eigenvalue weighted by Gasteiger charge is -2.34. The van der Waals surface area contributed by atoms with Crippen molar-refractivity contribution in [1.29, 1.82) is 0 Å². The maximum atomic E-state index is 11.3. The Morgan fingerprint density at radius 2 is 1.61 bits per heavy atom. The average molecular weight is 381 g/mol. The Bertz CT molecular complexity index is 996. The fourth-order valence-corrected chi connectivity index (χ4v) is 4.01. The zero-order chi connectivity index (χ0) is 20.7. The van der Waals surface area contributed by atoms with Gasteiger partial charge in [-0.2, -0.15) is 0 Å². The molecule has 1 heterocycles. The van der Waals surface area contributed by atoms with Crippen LogP contribution in [-0.4, -0.2) is 31.2 Å². The summed E-state index contributed by atoms with van der Waals surface area (Å²) in [6, 6.07) is 10.9. The van der Waals surface area contributed by atoms with E-state index in [0.717, 1.165) is 6.42 Å². The number of carboxylic acid groups (broad SMARTS) is 1. The number of aliphatic carboxylic acids is 1. The minimum atomic E-state index is -0.921. The van der Waals surface area contributed by atoms with Crippen LogP contribution in [0.25, 0.3) is 16.7 Å². The molecule has 1 aromatic heterocycles. The highest BCUT2D eigenvalue weighted by Gasteiger charge is 2.31. The van der Waals surface area contributed by atoms with Gasteiger partial charge in [0.25, 0.3) is 0 Å². The van der Waals surface area contributed by atoms with E-state index in [9.17, 15) is 15.0 Å². The third-order valence-electron chi connectivity index (χ3n) is 4.71. The molecule has 0 saturated heterocycles. The van der Waals surface area contributed by atoms with Gasteiger partial charge in [0, 0.05) is 5.56 Å². The van der Waals surface area contributed by atoms with E-state index in [1.807, 2.05) is 24.3 Å². The first kappa shape index (κ1) is 19.9. The van der Waals surface area contributed by atoms with Crippen LogP contribution < -0.4 is 0 Å². The van der Waals surface area contributed by atoms with E-state index in [4.69, 9.17) is 0 Å². The van der Waals surface area contributed by atoms with Crippen molar-refractivity contribution in [3.63, 3.8) is 0 Å². The Morgan fingerprint density at radius 1 is 1.04 bits per heavy atom. The monoisotopic (exact) mass is 381 g/mol. The Labute approximate surface area is 164 Å². The van der Waals surface area contributed by atoms with Crippen molar-refractivity contribution in [2.45, 2.75) is 52.9 Å². The number of carboxylic acids is 1. The van der Waals surface area contributed by atoms with Crippen molar-refractivity contribution in [3.8, 4) is 11.4 Å². The van der Waals surface area contributed by atoms with Gasteiger partial charge in [0.15, 0.2) is 0 Å². The second kappa shape index (κ2) is 6.93. The molecule has 3 rings (SSSR count). The Kier molecular flexibility index (Phi) is 4.91. The number of phenolic OH excluding ortho intramolecular Hbond substituents is 1. The predicted molar refractivity (Wildman–Crippen MR) is 109 cm³/mol. The first-order valence-electron chi connectivity index (χ1n) is 9.37. The van der Waals surface area contributed by atoms with E-state index < -0.39 is 5.97 Å². The average Bonchev–Trinajstić information content (AvgIpc) is 2.97. The lowest BCUT2D eigenvalue weighted by Crippen LogP contribution is -2.25. The smallest absolute Gasteiger partial charge is 0.307 e. The van der Waals surface area contributed by atoms with Crippen molar-refractivity contribution >= 4 is 17.0 Å². The first-order valence-corrected chi connectivity index (χ1v) is 9.37. The van der Waals surface area contributed by atoms with E-state index in [1.54, 1.807) is 12.1 Å². The number of hydrogen-bond donors (Lipinski definition) is 2.